The molecular weight excluding hydrogens is 286 g/mol. The molecular formula is C14H19N5O3. The SMILES string of the molecule is CC(C)(C)OC(=O)Nc1c(-c2cnccn2)cnn1CCO. The number of anilines is 1. The number of nitrogens with one attached hydrogen (secondary N) is 1. The van der Waals surface area contributed by atoms with Crippen molar-refractivity contribution in [3.63, 3.8) is 0 Å². The van der Waals surface area contributed by atoms with Crippen molar-refractivity contribution in [2.45, 2.75) is 32.9 Å². The molecule has 0 bridgehead atoms. The molecule has 0 aliphatic carbocycles. The Bertz CT molecular complexity index is 634. The van der Waals surface area contributed by atoms with Crippen LogP contribution in [0.1, 0.15) is 20.8 Å². The number of rotatable bonds is 4. The molecule has 0 aliphatic heterocycles. The highest BCUT2D eigenvalue weighted by molar-refractivity contribution is 5.89. The number of aromatic nitrogens is 4. The minimum absolute atomic E-state index is 0.107. The maximum atomic E-state index is 12.0. The van der Waals surface area contributed by atoms with Gasteiger partial charge in [0.05, 0.1) is 36.8 Å². The predicted molar refractivity (Wildman–Crippen MR) is 80.2 cm³/mol. The van der Waals surface area contributed by atoms with Crippen molar-refractivity contribution in [3.8, 4) is 11.3 Å². The maximum Gasteiger partial charge on any atom is 0.413 e. The Balaban J connectivity index is 2.31. The fourth-order valence-corrected chi connectivity index (χ4v) is 1.81. The van der Waals surface area contributed by atoms with E-state index in [1.807, 2.05) is 0 Å². The highest BCUT2D eigenvalue weighted by atomic mass is 16.6. The number of amides is 1. The molecule has 0 fully saturated rings. The van der Waals surface area contributed by atoms with E-state index < -0.39 is 11.7 Å². The lowest BCUT2D eigenvalue weighted by Crippen LogP contribution is -2.28. The van der Waals surface area contributed by atoms with Crippen LogP contribution in [0.5, 0.6) is 0 Å². The average Bonchev–Trinajstić information content (AvgIpc) is 2.81. The molecule has 2 N–H and O–H groups in total. The number of ether oxygens (including phenoxy) is 1. The van der Waals surface area contributed by atoms with Gasteiger partial charge in [0.15, 0.2) is 0 Å². The summed E-state index contributed by atoms with van der Waals surface area (Å²) in [4.78, 5) is 20.2. The fourth-order valence-electron chi connectivity index (χ4n) is 1.81. The van der Waals surface area contributed by atoms with Gasteiger partial charge < -0.3 is 9.84 Å². The van der Waals surface area contributed by atoms with E-state index >= 15 is 0 Å². The van der Waals surface area contributed by atoms with E-state index in [9.17, 15) is 4.79 Å². The van der Waals surface area contributed by atoms with Crippen LogP contribution in [0.3, 0.4) is 0 Å². The number of carbonyl (C=O) groups is 1. The zero-order valence-corrected chi connectivity index (χ0v) is 12.8. The van der Waals surface area contributed by atoms with Gasteiger partial charge in [-0.15, -0.1) is 0 Å². The van der Waals surface area contributed by atoms with Crippen LogP contribution in [-0.2, 0) is 11.3 Å². The van der Waals surface area contributed by atoms with E-state index in [2.05, 4.69) is 20.4 Å². The summed E-state index contributed by atoms with van der Waals surface area (Å²) in [5.74, 6) is 0.406. The van der Waals surface area contributed by atoms with Gasteiger partial charge in [-0.05, 0) is 20.8 Å². The summed E-state index contributed by atoms with van der Waals surface area (Å²) in [7, 11) is 0. The van der Waals surface area contributed by atoms with E-state index in [1.165, 1.54) is 4.68 Å². The molecule has 2 rings (SSSR count). The standard InChI is InChI=1S/C14H19N5O3/c1-14(2,3)22-13(21)18-12-10(8-17-19(12)6-7-20)11-9-15-4-5-16-11/h4-5,8-9,20H,6-7H2,1-3H3,(H,18,21). The topological polar surface area (TPSA) is 102 Å². The molecule has 0 atom stereocenters. The lowest BCUT2D eigenvalue weighted by Gasteiger charge is -2.20. The Morgan fingerprint density at radius 2 is 2.14 bits per heavy atom. The molecule has 8 nitrogen and oxygen atoms in total. The van der Waals surface area contributed by atoms with Gasteiger partial charge in [-0.1, -0.05) is 0 Å². The Labute approximate surface area is 128 Å². The summed E-state index contributed by atoms with van der Waals surface area (Å²) < 4.78 is 6.73. The largest absolute Gasteiger partial charge is 0.444 e. The first-order valence-electron chi connectivity index (χ1n) is 6.84. The minimum Gasteiger partial charge on any atom is -0.444 e. The maximum absolute atomic E-state index is 12.0. The number of aliphatic hydroxyl groups excluding tert-OH is 1. The zero-order chi connectivity index (χ0) is 16.2. The van der Waals surface area contributed by atoms with Gasteiger partial charge in [0, 0.05) is 12.4 Å². The lowest BCUT2D eigenvalue weighted by molar-refractivity contribution is 0.0634. The van der Waals surface area contributed by atoms with E-state index in [0.29, 0.717) is 17.1 Å². The number of nitrogens with zero attached hydrogens (tertiary/aromatic N) is 4. The molecule has 0 saturated carbocycles. The molecule has 0 spiro atoms. The van der Waals surface area contributed by atoms with E-state index in [0.717, 1.165) is 0 Å². The summed E-state index contributed by atoms with van der Waals surface area (Å²) in [6.45, 7) is 5.47. The normalized spacial score (nSPS) is 11.3. The third-order valence-electron chi connectivity index (χ3n) is 2.61. The van der Waals surface area contributed by atoms with Gasteiger partial charge in [0.25, 0.3) is 0 Å². The molecule has 8 heteroatoms. The summed E-state index contributed by atoms with van der Waals surface area (Å²) in [6, 6.07) is 0. The molecule has 0 saturated heterocycles. The van der Waals surface area contributed by atoms with Crippen molar-refractivity contribution in [1.82, 2.24) is 19.7 Å². The average molecular weight is 305 g/mol. The van der Waals surface area contributed by atoms with Crippen LogP contribution in [0.2, 0.25) is 0 Å². The second-order valence-corrected chi connectivity index (χ2v) is 5.57. The number of carbonyl (C=O) groups excluding carboxylic acids is 1. The third kappa shape index (κ3) is 4.01. The molecule has 0 aliphatic rings. The Morgan fingerprint density at radius 1 is 1.36 bits per heavy atom. The molecule has 2 aromatic rings. The molecule has 2 aromatic heterocycles. The van der Waals surface area contributed by atoms with Crippen LogP contribution >= 0.6 is 0 Å². The molecule has 0 aromatic carbocycles. The summed E-state index contributed by atoms with van der Waals surface area (Å²) >= 11 is 0. The first-order chi connectivity index (χ1) is 10.4. The van der Waals surface area contributed by atoms with Crippen LogP contribution in [-0.4, -0.2) is 43.2 Å². The Kier molecular flexibility index (Phi) is 4.71. The van der Waals surface area contributed by atoms with Crippen molar-refractivity contribution in [2.24, 2.45) is 0 Å². The van der Waals surface area contributed by atoms with Gasteiger partial charge in [0.2, 0.25) is 0 Å². The van der Waals surface area contributed by atoms with E-state index in [-0.39, 0.29) is 13.2 Å². The van der Waals surface area contributed by atoms with Crippen LogP contribution in [0.15, 0.2) is 24.8 Å². The van der Waals surface area contributed by atoms with Gasteiger partial charge in [-0.3, -0.25) is 15.3 Å². The molecule has 1 amide bonds. The predicted octanol–water partition coefficient (Wildman–Crippen LogP) is 1.68. The second kappa shape index (κ2) is 6.52. The lowest BCUT2D eigenvalue weighted by atomic mass is 10.2. The quantitative estimate of drug-likeness (QED) is 0.891. The van der Waals surface area contributed by atoms with E-state index in [4.69, 9.17) is 9.84 Å². The Hall–Kier alpha value is -2.48. The molecule has 118 valence electrons. The number of aliphatic hydroxyl groups is 1. The van der Waals surface area contributed by atoms with Crippen LogP contribution in [0, 0.1) is 0 Å². The molecule has 22 heavy (non-hydrogen) atoms. The molecule has 0 unspecified atom stereocenters. The van der Waals surface area contributed by atoms with Crippen molar-refractivity contribution in [1.29, 1.82) is 0 Å². The van der Waals surface area contributed by atoms with Gasteiger partial charge in [0.1, 0.15) is 11.4 Å². The molecule has 2 heterocycles. The van der Waals surface area contributed by atoms with Gasteiger partial charge in [-0.25, -0.2) is 9.48 Å². The van der Waals surface area contributed by atoms with Crippen LogP contribution in [0.25, 0.3) is 11.3 Å². The highest BCUT2D eigenvalue weighted by Crippen LogP contribution is 2.26. The monoisotopic (exact) mass is 305 g/mol. The summed E-state index contributed by atoms with van der Waals surface area (Å²) in [5.41, 5.74) is 0.559. The zero-order valence-electron chi connectivity index (χ0n) is 12.8. The van der Waals surface area contributed by atoms with Crippen molar-refractivity contribution < 1.29 is 14.6 Å². The smallest absolute Gasteiger partial charge is 0.413 e. The summed E-state index contributed by atoms with van der Waals surface area (Å²) in [6.07, 6.45) is 5.64. The summed E-state index contributed by atoms with van der Waals surface area (Å²) in [5, 5.41) is 15.9. The third-order valence-corrected chi connectivity index (χ3v) is 2.61. The second-order valence-electron chi connectivity index (χ2n) is 5.57. The Morgan fingerprint density at radius 3 is 2.73 bits per heavy atom. The first kappa shape index (κ1) is 15.9. The van der Waals surface area contributed by atoms with E-state index in [1.54, 1.807) is 45.6 Å². The minimum atomic E-state index is -0.612. The van der Waals surface area contributed by atoms with Crippen LogP contribution in [0.4, 0.5) is 10.6 Å². The highest BCUT2D eigenvalue weighted by Gasteiger charge is 2.20. The van der Waals surface area contributed by atoms with Crippen molar-refractivity contribution in [3.05, 3.63) is 24.8 Å². The fraction of sp³-hybridized carbons (Fsp3) is 0.429. The number of hydrogen-bond donors (Lipinski definition) is 2. The van der Waals surface area contributed by atoms with Crippen LogP contribution < -0.4 is 5.32 Å². The van der Waals surface area contributed by atoms with Gasteiger partial charge in [-0.2, -0.15) is 5.10 Å². The van der Waals surface area contributed by atoms with Crippen molar-refractivity contribution in [2.75, 3.05) is 11.9 Å². The molecule has 0 radical (unpaired) electrons. The van der Waals surface area contributed by atoms with Crippen molar-refractivity contribution >= 4 is 11.9 Å². The first-order valence-corrected chi connectivity index (χ1v) is 6.84. The number of hydrogen-bond acceptors (Lipinski definition) is 6. The van der Waals surface area contributed by atoms with Gasteiger partial charge >= 0.3 is 6.09 Å².